The largest absolute Gasteiger partial charge is 0.356 e. The molecule has 1 aromatic heterocycles. The molecule has 2 heterocycles. The van der Waals surface area contributed by atoms with E-state index in [9.17, 15) is 9.59 Å². The zero-order chi connectivity index (χ0) is 19.9. The van der Waals surface area contributed by atoms with Crippen LogP contribution in [0.15, 0.2) is 42.6 Å². The number of rotatable bonds is 6. The van der Waals surface area contributed by atoms with Gasteiger partial charge in [0.15, 0.2) is 0 Å². The summed E-state index contributed by atoms with van der Waals surface area (Å²) in [4.78, 5) is 31.3. The highest BCUT2D eigenvalue weighted by atomic mass is 16.2. The molecule has 0 bridgehead atoms. The molecule has 2 amide bonds. The third kappa shape index (κ3) is 5.31. The highest BCUT2D eigenvalue weighted by Crippen LogP contribution is 2.22. The van der Waals surface area contributed by atoms with Crippen LogP contribution in [0.2, 0.25) is 0 Å². The Bertz CT molecular complexity index is 812. The highest BCUT2D eigenvalue weighted by Gasteiger charge is 2.19. The van der Waals surface area contributed by atoms with E-state index in [2.05, 4.69) is 20.5 Å². The number of nitrogens with one attached hydrogen (secondary N) is 2. The highest BCUT2D eigenvalue weighted by molar-refractivity contribution is 6.07. The summed E-state index contributed by atoms with van der Waals surface area (Å²) in [6.45, 7) is 5.75. The molecule has 2 N–H and O–H groups in total. The SMILES string of the molecule is CC(C)NC(=O)Cc1ccc(NC(=O)c2cccnc2N2CCCCC2)cc1. The number of amides is 2. The second-order valence-electron chi connectivity index (χ2n) is 7.47. The van der Waals surface area contributed by atoms with Crippen LogP contribution < -0.4 is 15.5 Å². The van der Waals surface area contributed by atoms with Gasteiger partial charge in [0.2, 0.25) is 5.91 Å². The molecule has 0 unspecified atom stereocenters. The van der Waals surface area contributed by atoms with E-state index >= 15 is 0 Å². The lowest BCUT2D eigenvalue weighted by Gasteiger charge is -2.29. The first-order valence-corrected chi connectivity index (χ1v) is 9.92. The molecule has 148 valence electrons. The predicted octanol–water partition coefficient (Wildman–Crippen LogP) is 3.39. The number of piperidine rings is 1. The van der Waals surface area contributed by atoms with Crippen molar-refractivity contribution in [1.82, 2.24) is 10.3 Å². The van der Waals surface area contributed by atoms with Crippen molar-refractivity contribution < 1.29 is 9.59 Å². The Morgan fingerprint density at radius 2 is 1.79 bits per heavy atom. The Labute approximate surface area is 166 Å². The van der Waals surface area contributed by atoms with Crippen LogP contribution >= 0.6 is 0 Å². The van der Waals surface area contributed by atoms with Crippen LogP contribution in [0.1, 0.15) is 49.0 Å². The number of nitrogens with zero attached hydrogens (tertiary/aromatic N) is 2. The van der Waals surface area contributed by atoms with E-state index in [0.29, 0.717) is 17.7 Å². The molecule has 3 rings (SSSR count). The Kier molecular flexibility index (Phi) is 6.63. The van der Waals surface area contributed by atoms with Crippen molar-refractivity contribution in [2.45, 2.75) is 45.6 Å². The van der Waals surface area contributed by atoms with Crippen LogP contribution in [0.5, 0.6) is 0 Å². The van der Waals surface area contributed by atoms with Gasteiger partial charge in [-0.1, -0.05) is 12.1 Å². The van der Waals surface area contributed by atoms with E-state index in [1.165, 1.54) is 6.42 Å². The minimum Gasteiger partial charge on any atom is -0.356 e. The van der Waals surface area contributed by atoms with Crippen molar-refractivity contribution in [3.63, 3.8) is 0 Å². The number of pyridine rings is 1. The molecule has 1 saturated heterocycles. The summed E-state index contributed by atoms with van der Waals surface area (Å²) in [5.74, 6) is 0.578. The van der Waals surface area contributed by atoms with E-state index in [-0.39, 0.29) is 17.9 Å². The lowest BCUT2D eigenvalue weighted by atomic mass is 10.1. The van der Waals surface area contributed by atoms with Crippen molar-refractivity contribution in [3.8, 4) is 0 Å². The molecule has 28 heavy (non-hydrogen) atoms. The van der Waals surface area contributed by atoms with Crippen molar-refractivity contribution in [2.75, 3.05) is 23.3 Å². The maximum atomic E-state index is 12.8. The molecule has 2 aromatic rings. The summed E-state index contributed by atoms with van der Waals surface area (Å²) >= 11 is 0. The van der Waals surface area contributed by atoms with E-state index in [1.54, 1.807) is 12.3 Å². The molecule has 6 heteroatoms. The monoisotopic (exact) mass is 380 g/mol. The standard InChI is InChI=1S/C22H28N4O2/c1-16(2)24-20(27)15-17-8-10-18(11-9-17)25-22(28)19-7-6-12-23-21(19)26-13-4-3-5-14-26/h6-12,16H,3-5,13-15H2,1-2H3,(H,24,27)(H,25,28). The van der Waals surface area contributed by atoms with E-state index < -0.39 is 0 Å². The smallest absolute Gasteiger partial charge is 0.259 e. The number of aromatic nitrogens is 1. The summed E-state index contributed by atoms with van der Waals surface area (Å²) < 4.78 is 0. The summed E-state index contributed by atoms with van der Waals surface area (Å²) in [5.41, 5.74) is 2.20. The van der Waals surface area contributed by atoms with E-state index in [4.69, 9.17) is 0 Å². The van der Waals surface area contributed by atoms with Gasteiger partial charge >= 0.3 is 0 Å². The average molecular weight is 380 g/mol. The molecule has 0 atom stereocenters. The summed E-state index contributed by atoms with van der Waals surface area (Å²) in [6.07, 6.45) is 5.55. The fraction of sp³-hybridized carbons (Fsp3) is 0.409. The first kappa shape index (κ1) is 19.9. The number of hydrogen-bond acceptors (Lipinski definition) is 4. The third-order valence-corrected chi connectivity index (χ3v) is 4.71. The zero-order valence-corrected chi connectivity index (χ0v) is 16.6. The topological polar surface area (TPSA) is 74.3 Å². The Morgan fingerprint density at radius 3 is 2.46 bits per heavy atom. The summed E-state index contributed by atoms with van der Waals surface area (Å²) in [5, 5.41) is 5.82. The van der Waals surface area contributed by atoms with Crippen LogP contribution in [-0.4, -0.2) is 35.9 Å². The summed E-state index contributed by atoms with van der Waals surface area (Å²) in [7, 11) is 0. The molecular formula is C22H28N4O2. The molecule has 0 spiro atoms. The maximum absolute atomic E-state index is 12.8. The molecule has 0 radical (unpaired) electrons. The minimum atomic E-state index is -0.168. The lowest BCUT2D eigenvalue weighted by Crippen LogP contribution is -2.32. The first-order chi connectivity index (χ1) is 13.5. The number of carbonyl (C=O) groups is 2. The Hall–Kier alpha value is -2.89. The third-order valence-electron chi connectivity index (χ3n) is 4.71. The van der Waals surface area contributed by atoms with Gasteiger partial charge in [-0.2, -0.15) is 0 Å². The quantitative estimate of drug-likeness (QED) is 0.806. The van der Waals surface area contributed by atoms with Crippen molar-refractivity contribution >= 4 is 23.3 Å². The lowest BCUT2D eigenvalue weighted by molar-refractivity contribution is -0.120. The van der Waals surface area contributed by atoms with Crippen LogP contribution in [0, 0.1) is 0 Å². The van der Waals surface area contributed by atoms with Crippen molar-refractivity contribution in [1.29, 1.82) is 0 Å². The van der Waals surface area contributed by atoms with Crippen molar-refractivity contribution in [2.24, 2.45) is 0 Å². The molecule has 1 fully saturated rings. The van der Waals surface area contributed by atoms with Gasteiger partial charge < -0.3 is 15.5 Å². The van der Waals surface area contributed by atoms with Gasteiger partial charge in [0.1, 0.15) is 5.82 Å². The van der Waals surface area contributed by atoms with Gasteiger partial charge in [-0.05, 0) is 62.9 Å². The van der Waals surface area contributed by atoms with Crippen molar-refractivity contribution in [3.05, 3.63) is 53.7 Å². The van der Waals surface area contributed by atoms with Crippen LogP contribution in [-0.2, 0) is 11.2 Å². The molecule has 0 saturated carbocycles. The molecule has 1 aliphatic heterocycles. The number of anilines is 2. The molecule has 1 aromatic carbocycles. The van der Waals surface area contributed by atoms with Gasteiger partial charge in [0.05, 0.1) is 12.0 Å². The predicted molar refractivity (Wildman–Crippen MR) is 112 cm³/mol. The summed E-state index contributed by atoms with van der Waals surface area (Å²) in [6, 6.07) is 11.1. The van der Waals surface area contributed by atoms with Crippen LogP contribution in [0.25, 0.3) is 0 Å². The van der Waals surface area contributed by atoms with Crippen LogP contribution in [0.4, 0.5) is 11.5 Å². The number of hydrogen-bond donors (Lipinski definition) is 2. The van der Waals surface area contributed by atoms with Gasteiger partial charge in [0, 0.05) is 31.0 Å². The molecular weight excluding hydrogens is 352 g/mol. The minimum absolute atomic E-state index is 0.00619. The zero-order valence-electron chi connectivity index (χ0n) is 16.6. The average Bonchev–Trinajstić information content (AvgIpc) is 2.69. The Balaban J connectivity index is 1.66. The Morgan fingerprint density at radius 1 is 1.07 bits per heavy atom. The fourth-order valence-corrected chi connectivity index (χ4v) is 3.39. The molecule has 1 aliphatic rings. The normalized spacial score (nSPS) is 14.0. The van der Waals surface area contributed by atoms with Gasteiger partial charge in [0.25, 0.3) is 5.91 Å². The maximum Gasteiger partial charge on any atom is 0.259 e. The van der Waals surface area contributed by atoms with Gasteiger partial charge in [-0.3, -0.25) is 9.59 Å². The van der Waals surface area contributed by atoms with E-state index in [1.807, 2.05) is 44.2 Å². The van der Waals surface area contributed by atoms with Gasteiger partial charge in [-0.25, -0.2) is 4.98 Å². The van der Waals surface area contributed by atoms with Gasteiger partial charge in [-0.15, -0.1) is 0 Å². The first-order valence-electron chi connectivity index (χ1n) is 9.92. The fourth-order valence-electron chi connectivity index (χ4n) is 3.39. The number of carbonyl (C=O) groups excluding carboxylic acids is 2. The van der Waals surface area contributed by atoms with E-state index in [0.717, 1.165) is 37.3 Å². The second kappa shape index (κ2) is 9.35. The second-order valence-corrected chi connectivity index (χ2v) is 7.47. The molecule has 0 aliphatic carbocycles. The van der Waals surface area contributed by atoms with Crippen LogP contribution in [0.3, 0.4) is 0 Å². The number of benzene rings is 1. The molecule has 6 nitrogen and oxygen atoms in total.